The van der Waals surface area contributed by atoms with Gasteiger partial charge < -0.3 is 9.47 Å². The lowest BCUT2D eigenvalue weighted by Crippen LogP contribution is -2.12. The third kappa shape index (κ3) is 4.34. The molecule has 23 heavy (non-hydrogen) atoms. The number of methoxy groups -OCH3 is 1. The minimum absolute atomic E-state index is 0.0927. The summed E-state index contributed by atoms with van der Waals surface area (Å²) in [5.74, 6) is -0.888. The Labute approximate surface area is 130 Å². The predicted molar refractivity (Wildman–Crippen MR) is 78.0 cm³/mol. The average molecular weight is 316 g/mol. The summed E-state index contributed by atoms with van der Waals surface area (Å²) in [6.07, 6.45) is 1.21. The maximum absolute atomic E-state index is 11.8. The molecule has 0 bridgehead atoms. The summed E-state index contributed by atoms with van der Waals surface area (Å²) in [6, 6.07) is 8.17. The van der Waals surface area contributed by atoms with Crippen molar-refractivity contribution in [2.75, 3.05) is 7.11 Å². The van der Waals surface area contributed by atoms with Crippen molar-refractivity contribution in [1.29, 1.82) is 0 Å². The molecule has 0 unspecified atom stereocenters. The number of nitro benzene ring substituents is 1. The van der Waals surface area contributed by atoms with E-state index >= 15 is 0 Å². The Kier molecular flexibility index (Phi) is 4.98. The fraction of sp³-hybridized carbons (Fsp3) is 0.133. The summed E-state index contributed by atoms with van der Waals surface area (Å²) in [4.78, 5) is 37.0. The highest BCUT2D eigenvalue weighted by molar-refractivity contribution is 5.88. The number of nitro groups is 1. The summed E-state index contributed by atoms with van der Waals surface area (Å²) in [5.41, 5.74) is 0.606. The van der Waals surface area contributed by atoms with Crippen LogP contribution >= 0.6 is 0 Å². The van der Waals surface area contributed by atoms with E-state index in [0.717, 1.165) is 0 Å². The normalized spacial score (nSPS) is 9.96. The standard InChI is InChI=1S/C15H12N2O6/c1-22-15(19)10-2-3-11(16-9-10)8-14(18)23-13-6-4-12(5-7-13)17(20)21/h2-7,9H,8H2,1H3. The molecule has 0 aliphatic heterocycles. The number of rotatable bonds is 5. The van der Waals surface area contributed by atoms with Crippen LogP contribution < -0.4 is 4.74 Å². The molecule has 0 spiro atoms. The molecule has 8 nitrogen and oxygen atoms in total. The molecule has 0 saturated heterocycles. The smallest absolute Gasteiger partial charge is 0.339 e. The van der Waals surface area contributed by atoms with Gasteiger partial charge in [-0.25, -0.2) is 4.79 Å². The molecule has 0 aliphatic carbocycles. The SMILES string of the molecule is COC(=O)c1ccc(CC(=O)Oc2ccc([N+](=O)[O-])cc2)nc1. The van der Waals surface area contributed by atoms with Gasteiger partial charge in [-0.1, -0.05) is 0 Å². The van der Waals surface area contributed by atoms with Crippen LogP contribution in [0.1, 0.15) is 16.1 Å². The lowest BCUT2D eigenvalue weighted by Gasteiger charge is -2.04. The van der Waals surface area contributed by atoms with Crippen LogP contribution in [-0.2, 0) is 16.0 Å². The number of carbonyl (C=O) groups is 2. The molecule has 1 aromatic carbocycles. The van der Waals surface area contributed by atoms with Crippen molar-refractivity contribution in [2.45, 2.75) is 6.42 Å². The summed E-state index contributed by atoms with van der Waals surface area (Å²) in [7, 11) is 1.26. The van der Waals surface area contributed by atoms with Crippen molar-refractivity contribution in [3.63, 3.8) is 0 Å². The van der Waals surface area contributed by atoms with E-state index < -0.39 is 16.9 Å². The maximum Gasteiger partial charge on any atom is 0.339 e. The number of non-ortho nitro benzene ring substituents is 1. The Hall–Kier alpha value is -3.29. The second-order valence-corrected chi connectivity index (χ2v) is 4.43. The van der Waals surface area contributed by atoms with E-state index in [0.29, 0.717) is 5.69 Å². The molecule has 0 fully saturated rings. The molecule has 2 aromatic rings. The van der Waals surface area contributed by atoms with Gasteiger partial charge in [-0.3, -0.25) is 19.9 Å². The van der Waals surface area contributed by atoms with E-state index in [1.165, 1.54) is 49.7 Å². The van der Waals surface area contributed by atoms with Gasteiger partial charge in [0.25, 0.3) is 5.69 Å². The molecule has 0 aliphatic rings. The zero-order valence-corrected chi connectivity index (χ0v) is 12.1. The van der Waals surface area contributed by atoms with Crippen LogP contribution in [0.25, 0.3) is 0 Å². The van der Waals surface area contributed by atoms with Gasteiger partial charge in [0.15, 0.2) is 0 Å². The monoisotopic (exact) mass is 316 g/mol. The number of aromatic nitrogens is 1. The maximum atomic E-state index is 11.8. The minimum atomic E-state index is -0.572. The predicted octanol–water partition coefficient (Wildman–Crippen LogP) is 1.92. The van der Waals surface area contributed by atoms with Crippen LogP contribution in [0.3, 0.4) is 0 Å². The highest BCUT2D eigenvalue weighted by Gasteiger charge is 2.11. The fourth-order valence-electron chi connectivity index (χ4n) is 1.72. The van der Waals surface area contributed by atoms with Crippen molar-refractivity contribution in [1.82, 2.24) is 4.98 Å². The van der Waals surface area contributed by atoms with Gasteiger partial charge in [-0.2, -0.15) is 0 Å². The van der Waals surface area contributed by atoms with Gasteiger partial charge in [0.2, 0.25) is 0 Å². The van der Waals surface area contributed by atoms with Gasteiger partial charge in [0, 0.05) is 18.3 Å². The van der Waals surface area contributed by atoms with Crippen LogP contribution in [0.2, 0.25) is 0 Å². The molecule has 0 amide bonds. The molecule has 0 radical (unpaired) electrons. The van der Waals surface area contributed by atoms with Crippen molar-refractivity contribution in [2.24, 2.45) is 0 Å². The van der Waals surface area contributed by atoms with E-state index in [9.17, 15) is 19.7 Å². The number of benzene rings is 1. The number of esters is 2. The molecule has 0 saturated carbocycles. The van der Waals surface area contributed by atoms with E-state index in [2.05, 4.69) is 9.72 Å². The van der Waals surface area contributed by atoms with Gasteiger partial charge in [-0.15, -0.1) is 0 Å². The first-order valence-corrected chi connectivity index (χ1v) is 6.48. The fourth-order valence-corrected chi connectivity index (χ4v) is 1.72. The molecule has 2 rings (SSSR count). The number of pyridine rings is 1. The second-order valence-electron chi connectivity index (χ2n) is 4.43. The topological polar surface area (TPSA) is 109 Å². The molecule has 1 heterocycles. The lowest BCUT2D eigenvalue weighted by atomic mass is 10.2. The molecule has 1 aromatic heterocycles. The third-order valence-corrected chi connectivity index (χ3v) is 2.85. The zero-order valence-electron chi connectivity index (χ0n) is 12.1. The number of nitrogens with zero attached hydrogens (tertiary/aromatic N) is 2. The van der Waals surface area contributed by atoms with E-state index in [1.807, 2.05) is 0 Å². The van der Waals surface area contributed by atoms with Gasteiger partial charge in [-0.05, 0) is 24.3 Å². The molecular weight excluding hydrogens is 304 g/mol. The Morgan fingerprint density at radius 2 is 1.87 bits per heavy atom. The molecule has 8 heteroatoms. The van der Waals surface area contributed by atoms with Crippen molar-refractivity contribution >= 4 is 17.6 Å². The van der Waals surface area contributed by atoms with E-state index in [4.69, 9.17) is 4.74 Å². The Morgan fingerprint density at radius 1 is 1.17 bits per heavy atom. The number of hydrogen-bond acceptors (Lipinski definition) is 7. The largest absolute Gasteiger partial charge is 0.465 e. The first kappa shape index (κ1) is 16.1. The highest BCUT2D eigenvalue weighted by Crippen LogP contribution is 2.17. The van der Waals surface area contributed by atoms with E-state index in [1.54, 1.807) is 0 Å². The minimum Gasteiger partial charge on any atom is -0.465 e. The average Bonchev–Trinajstić information content (AvgIpc) is 2.55. The Bertz CT molecular complexity index is 725. The van der Waals surface area contributed by atoms with Crippen LogP contribution in [0.15, 0.2) is 42.6 Å². The van der Waals surface area contributed by atoms with Gasteiger partial charge in [0.1, 0.15) is 5.75 Å². The molecule has 118 valence electrons. The van der Waals surface area contributed by atoms with Crippen LogP contribution in [0.5, 0.6) is 5.75 Å². The van der Waals surface area contributed by atoms with Crippen LogP contribution in [0.4, 0.5) is 5.69 Å². The van der Waals surface area contributed by atoms with Crippen molar-refractivity contribution in [3.8, 4) is 5.75 Å². The van der Waals surface area contributed by atoms with Crippen molar-refractivity contribution in [3.05, 3.63) is 64.0 Å². The van der Waals surface area contributed by atoms with Gasteiger partial charge in [0.05, 0.1) is 29.7 Å². The second kappa shape index (κ2) is 7.12. The first-order valence-electron chi connectivity index (χ1n) is 6.48. The van der Waals surface area contributed by atoms with Gasteiger partial charge >= 0.3 is 11.9 Å². The zero-order chi connectivity index (χ0) is 16.8. The highest BCUT2D eigenvalue weighted by atomic mass is 16.6. The number of ether oxygens (including phenoxy) is 2. The Morgan fingerprint density at radius 3 is 2.39 bits per heavy atom. The quantitative estimate of drug-likeness (QED) is 0.359. The van der Waals surface area contributed by atoms with Crippen LogP contribution in [0, 0.1) is 10.1 Å². The van der Waals surface area contributed by atoms with Crippen molar-refractivity contribution < 1.29 is 24.0 Å². The summed E-state index contributed by atoms with van der Waals surface area (Å²) < 4.78 is 9.60. The number of hydrogen-bond donors (Lipinski definition) is 0. The molecule has 0 atom stereocenters. The molecular formula is C15H12N2O6. The third-order valence-electron chi connectivity index (χ3n) is 2.85. The first-order chi connectivity index (χ1) is 11.0. The Balaban J connectivity index is 1.96. The summed E-state index contributed by atoms with van der Waals surface area (Å²) >= 11 is 0. The van der Waals surface area contributed by atoms with Crippen LogP contribution in [-0.4, -0.2) is 29.0 Å². The van der Waals surface area contributed by atoms with E-state index in [-0.39, 0.29) is 23.4 Å². The molecule has 0 N–H and O–H groups in total. The number of carbonyl (C=O) groups excluding carboxylic acids is 2. The lowest BCUT2D eigenvalue weighted by molar-refractivity contribution is -0.384. The summed E-state index contributed by atoms with van der Waals surface area (Å²) in [6.45, 7) is 0. The summed E-state index contributed by atoms with van der Waals surface area (Å²) in [5, 5.41) is 10.5.